The van der Waals surface area contributed by atoms with Crippen LogP contribution in [0.15, 0.2) is 121 Å². The first-order valence-corrected chi connectivity index (χ1v) is 31.9. The second kappa shape index (κ2) is 20.9. The first-order chi connectivity index (χ1) is 41.0. The molecule has 12 heteroatoms. The van der Waals surface area contributed by atoms with E-state index in [1.807, 2.05) is 18.5 Å². The van der Waals surface area contributed by atoms with E-state index in [4.69, 9.17) is 10.3 Å². The minimum absolute atomic E-state index is 0.00402. The summed E-state index contributed by atoms with van der Waals surface area (Å²) in [5, 5.41) is 91.3. The van der Waals surface area contributed by atoms with Crippen LogP contribution in [0.25, 0.3) is 22.9 Å². The number of aromatic amines is 1. The number of phenolic OH excluding ortho intramolecular Hbond substituents is 5. The van der Waals surface area contributed by atoms with Crippen molar-refractivity contribution in [3.8, 4) is 28.7 Å². The van der Waals surface area contributed by atoms with Crippen LogP contribution in [0, 0.1) is 45.8 Å². The first-order valence-electron chi connectivity index (χ1n) is 31.9. The molecule has 3 spiro atoms. The summed E-state index contributed by atoms with van der Waals surface area (Å²) in [6.45, 7) is 1.88. The second-order valence-corrected chi connectivity index (χ2v) is 27.5. The van der Waals surface area contributed by atoms with Crippen LogP contribution >= 0.6 is 0 Å². The molecule has 6 fully saturated rings. The molecule has 1 aromatic heterocycles. The standard InChI is InChI=1S/C72H83N5O7/c78-33-5-4-32-73-40-46-35-53(44-8-2-1-3-9-44)58-39-69(38-57(46)76-58)37-56(45-18-13-42(14-19-45)15-25-52-50(24-16-43-17-27-59(79)62(82)34-43)51-11-6-12-60(80)63(51)65(84)64(52)83)77-67-54(69)36-49-21-20-48-22-26-55-68(75-41-74-55)72(67)66-61(81)28-23-47-10-7-29-70(47,66)30-31-71(48,49)72/h1-3,6,8-9,11-14,16-19,23-24,27-28,34-35,41,47-49,53-54,56-58,61,66-67,73,76-84H,4-5,7,10,15,20-22,25-26,29-33,36-40H2,(H,74,75). The summed E-state index contributed by atoms with van der Waals surface area (Å²) in [5.41, 5.74) is 9.11. The predicted octanol–water partition coefficient (Wildman–Crippen LogP) is 11.7. The Morgan fingerprint density at radius 1 is 0.726 bits per heavy atom. The third-order valence-electron chi connectivity index (χ3n) is 24.1. The summed E-state index contributed by atoms with van der Waals surface area (Å²) < 4.78 is 0. The Morgan fingerprint density at radius 2 is 1.57 bits per heavy atom. The van der Waals surface area contributed by atoms with Crippen LogP contribution < -0.4 is 16.0 Å². The Labute approximate surface area is 493 Å². The smallest absolute Gasteiger partial charge is 0.169 e. The molecule has 0 amide bonds. The number of fused-ring (bicyclic) bond motifs is 6. The lowest BCUT2D eigenvalue weighted by atomic mass is 9.30. The van der Waals surface area contributed by atoms with Crippen LogP contribution in [0.1, 0.15) is 147 Å². The third kappa shape index (κ3) is 8.19. The summed E-state index contributed by atoms with van der Waals surface area (Å²) in [5.74, 6) is 0.913. The Morgan fingerprint density at radius 3 is 2.42 bits per heavy atom. The SMILES string of the molecule is OCCCCNCC1=CC(c2ccccc2)C2CC3(CC1N2)CC(c1ccc(CCc2c(O)c(O)c4c(O)cccc4c2C=Cc2ccc(O)c(O)c2)cc1)NC1C3CC2CCC3CCc4[nH]cnc4C14C1C(O)C=CC5CCCC51CCC324. The zero-order chi connectivity index (χ0) is 57.1. The fraction of sp³-hybridized carbons (Fsp3) is 0.486. The molecule has 3 aliphatic heterocycles. The molecule has 438 valence electrons. The number of piperidine rings is 2. The average molecular weight is 1130 g/mol. The molecule has 4 heterocycles. The second-order valence-electron chi connectivity index (χ2n) is 27.5. The molecule has 5 aromatic carbocycles. The quantitative estimate of drug-likeness (QED) is 0.0227. The van der Waals surface area contributed by atoms with Crippen molar-refractivity contribution < 1.29 is 35.7 Å². The number of phenols is 5. The van der Waals surface area contributed by atoms with Crippen LogP contribution in [-0.4, -0.2) is 89.6 Å². The number of nitrogens with one attached hydrogen (secondary N) is 4. The van der Waals surface area contributed by atoms with Gasteiger partial charge in [-0.3, -0.25) is 0 Å². The maximum Gasteiger partial charge on any atom is 0.169 e. The topological polar surface area (TPSA) is 206 Å². The number of nitrogens with zero attached hydrogens (tertiary/aromatic N) is 1. The molecule has 12 nitrogen and oxygen atoms in total. The molecule has 9 aliphatic rings. The molecule has 6 aromatic rings. The minimum Gasteiger partial charge on any atom is -0.507 e. The summed E-state index contributed by atoms with van der Waals surface area (Å²) in [7, 11) is 0. The van der Waals surface area contributed by atoms with E-state index in [1.54, 1.807) is 18.2 Å². The van der Waals surface area contributed by atoms with Crippen molar-refractivity contribution in [2.24, 2.45) is 45.8 Å². The van der Waals surface area contributed by atoms with Gasteiger partial charge in [0.25, 0.3) is 0 Å². The Kier molecular flexibility index (Phi) is 13.5. The fourth-order valence-electron chi connectivity index (χ4n) is 21.0. The van der Waals surface area contributed by atoms with Crippen molar-refractivity contribution in [3.63, 3.8) is 0 Å². The van der Waals surface area contributed by atoms with E-state index in [9.17, 15) is 35.7 Å². The lowest BCUT2D eigenvalue weighted by Gasteiger charge is -2.75. The zero-order valence-electron chi connectivity index (χ0n) is 48.2. The van der Waals surface area contributed by atoms with Crippen LogP contribution in [0.5, 0.6) is 28.7 Å². The van der Waals surface area contributed by atoms with Gasteiger partial charge in [0.05, 0.1) is 23.5 Å². The van der Waals surface area contributed by atoms with Gasteiger partial charge in [-0.05, 0) is 206 Å². The van der Waals surface area contributed by atoms with Crippen molar-refractivity contribution >= 4 is 22.9 Å². The van der Waals surface area contributed by atoms with Crippen molar-refractivity contribution in [2.75, 3.05) is 19.7 Å². The highest BCUT2D eigenvalue weighted by molar-refractivity contribution is 6.03. The molecule has 2 bridgehead atoms. The number of benzene rings is 5. The number of aryl methyl sites for hydroxylation is 2. The largest absolute Gasteiger partial charge is 0.507 e. The van der Waals surface area contributed by atoms with Gasteiger partial charge in [-0.1, -0.05) is 110 Å². The molecule has 6 aliphatic carbocycles. The van der Waals surface area contributed by atoms with Gasteiger partial charge < -0.3 is 56.7 Å². The number of rotatable bonds is 13. The number of unbranched alkanes of at least 4 members (excludes halogenated alkanes) is 1. The van der Waals surface area contributed by atoms with Crippen molar-refractivity contribution in [1.29, 1.82) is 0 Å². The van der Waals surface area contributed by atoms with E-state index in [0.29, 0.717) is 58.6 Å². The number of aromatic nitrogens is 2. The van der Waals surface area contributed by atoms with Crippen LogP contribution in [0.3, 0.4) is 0 Å². The van der Waals surface area contributed by atoms with E-state index in [-0.39, 0.29) is 93.0 Å². The summed E-state index contributed by atoms with van der Waals surface area (Å²) in [4.78, 5) is 9.50. The molecule has 0 radical (unpaired) electrons. The number of imidazole rings is 1. The highest BCUT2D eigenvalue weighted by Gasteiger charge is 2.81. The van der Waals surface area contributed by atoms with Gasteiger partial charge in [-0.15, -0.1) is 0 Å². The van der Waals surface area contributed by atoms with Gasteiger partial charge in [0.2, 0.25) is 0 Å². The number of aliphatic hydroxyl groups excluding tert-OH is 2. The molecule has 2 saturated heterocycles. The Bertz CT molecular complexity index is 3580. The van der Waals surface area contributed by atoms with Crippen molar-refractivity contribution in [1.82, 2.24) is 25.9 Å². The number of aliphatic hydroxyl groups is 2. The maximum atomic E-state index is 13.3. The van der Waals surface area contributed by atoms with E-state index < -0.39 is 11.5 Å². The average Bonchev–Trinajstić information content (AvgIpc) is 1.27. The highest BCUT2D eigenvalue weighted by Crippen LogP contribution is 2.81. The number of aromatic hydroxyl groups is 5. The minimum atomic E-state index is -0.564. The van der Waals surface area contributed by atoms with Gasteiger partial charge in [-0.2, -0.15) is 0 Å². The molecule has 15 atom stereocenters. The number of hydrogen-bond acceptors (Lipinski definition) is 11. The Balaban J connectivity index is 0.847. The van der Waals surface area contributed by atoms with E-state index in [2.05, 4.69) is 88.4 Å². The summed E-state index contributed by atoms with van der Waals surface area (Å²) >= 11 is 0. The van der Waals surface area contributed by atoms with Gasteiger partial charge in [0.1, 0.15) is 5.75 Å². The third-order valence-corrected chi connectivity index (χ3v) is 24.1. The number of allylic oxidation sites excluding steroid dienone is 1. The number of H-pyrrole nitrogens is 1. The van der Waals surface area contributed by atoms with E-state index in [1.165, 1.54) is 97.7 Å². The Hall–Kier alpha value is -6.41. The lowest BCUT2D eigenvalue weighted by Crippen LogP contribution is -2.79. The van der Waals surface area contributed by atoms with E-state index >= 15 is 0 Å². The molecule has 4 saturated carbocycles. The molecular formula is C72H83N5O7. The molecular weight excluding hydrogens is 1050 g/mol. The number of hydrogen-bond donors (Lipinski definition) is 11. The van der Waals surface area contributed by atoms with E-state index in [0.717, 1.165) is 63.6 Å². The highest BCUT2D eigenvalue weighted by atomic mass is 16.3. The fourth-order valence-corrected chi connectivity index (χ4v) is 21.0. The first kappa shape index (κ1) is 54.3. The summed E-state index contributed by atoms with van der Waals surface area (Å²) in [6.07, 6.45) is 30.0. The maximum absolute atomic E-state index is 13.3. The molecule has 15 rings (SSSR count). The lowest BCUT2D eigenvalue weighted by molar-refractivity contribution is -0.229. The van der Waals surface area contributed by atoms with Crippen molar-refractivity contribution in [2.45, 2.75) is 151 Å². The normalized spacial score (nSPS) is 35.2. The zero-order valence-corrected chi connectivity index (χ0v) is 48.2. The predicted molar refractivity (Wildman–Crippen MR) is 328 cm³/mol. The molecule has 11 N–H and O–H groups in total. The molecule has 15 unspecified atom stereocenters. The van der Waals surface area contributed by atoms with Crippen LogP contribution in [0.4, 0.5) is 0 Å². The van der Waals surface area contributed by atoms with Crippen LogP contribution in [0.2, 0.25) is 0 Å². The van der Waals surface area contributed by atoms with Gasteiger partial charge in [0, 0.05) is 65.8 Å². The summed E-state index contributed by atoms with van der Waals surface area (Å²) in [6, 6.07) is 30.6. The molecule has 84 heavy (non-hydrogen) atoms. The van der Waals surface area contributed by atoms with Gasteiger partial charge in [0.15, 0.2) is 23.0 Å². The van der Waals surface area contributed by atoms with Crippen molar-refractivity contribution in [3.05, 3.63) is 166 Å². The monoisotopic (exact) mass is 1130 g/mol. The van der Waals surface area contributed by atoms with Crippen LogP contribution in [-0.2, 0) is 24.7 Å². The van der Waals surface area contributed by atoms with Gasteiger partial charge >= 0.3 is 0 Å². The van der Waals surface area contributed by atoms with Gasteiger partial charge in [-0.25, -0.2) is 4.98 Å².